The van der Waals surface area contributed by atoms with E-state index in [1.165, 1.54) is 11.3 Å². The van der Waals surface area contributed by atoms with Crippen molar-refractivity contribution in [1.29, 1.82) is 0 Å². The van der Waals surface area contributed by atoms with E-state index in [-0.39, 0.29) is 11.6 Å². The molecule has 38 heavy (non-hydrogen) atoms. The van der Waals surface area contributed by atoms with Gasteiger partial charge >= 0.3 is 0 Å². The van der Waals surface area contributed by atoms with Crippen LogP contribution in [0, 0.1) is 0 Å². The van der Waals surface area contributed by atoms with Crippen LogP contribution in [0.1, 0.15) is 49.5 Å². The Hall–Kier alpha value is -3.82. The van der Waals surface area contributed by atoms with Crippen molar-refractivity contribution in [3.63, 3.8) is 0 Å². The minimum atomic E-state index is -0.425. The van der Waals surface area contributed by atoms with Crippen molar-refractivity contribution in [1.82, 2.24) is 15.2 Å². The van der Waals surface area contributed by atoms with Crippen LogP contribution in [0.4, 0.5) is 5.13 Å². The van der Waals surface area contributed by atoms with E-state index in [9.17, 15) is 9.59 Å². The molecule has 0 spiro atoms. The van der Waals surface area contributed by atoms with E-state index in [0.717, 1.165) is 53.8 Å². The summed E-state index contributed by atoms with van der Waals surface area (Å²) in [5.74, 6) is -0.404. The predicted octanol–water partition coefficient (Wildman–Crippen LogP) is 4.71. The van der Waals surface area contributed by atoms with Crippen LogP contribution in [0.15, 0.2) is 76.6 Å². The molecule has 2 aromatic carbocycles. The zero-order chi connectivity index (χ0) is 27.1. The number of carbonyl (C=O) groups excluding carboxylic acids is 2. The fraction of sp³-hybridized carbons (Fsp3) is 0.310. The molecule has 1 aliphatic rings. The van der Waals surface area contributed by atoms with Gasteiger partial charge < -0.3 is 16.0 Å². The Morgan fingerprint density at radius 3 is 2.55 bits per heavy atom. The van der Waals surface area contributed by atoms with Gasteiger partial charge in [0.2, 0.25) is 0 Å². The summed E-state index contributed by atoms with van der Waals surface area (Å²) in [7, 11) is 0. The van der Waals surface area contributed by atoms with E-state index >= 15 is 0 Å². The summed E-state index contributed by atoms with van der Waals surface area (Å²) in [6, 6.07) is 15.1. The number of nitrogens with one attached hydrogen (secondary N) is 2. The Labute approximate surface area is 227 Å². The summed E-state index contributed by atoms with van der Waals surface area (Å²) < 4.78 is 0.981. The fourth-order valence-electron chi connectivity index (χ4n) is 4.05. The SMILES string of the molecule is CC/C(C)=C/C(=N/C(C(=O)Nc1nc2ccccc2s1)=C(\C)N)c1ccc(C(=O)N2CCCNCC2)cc1. The van der Waals surface area contributed by atoms with E-state index in [0.29, 0.717) is 28.6 Å². The van der Waals surface area contributed by atoms with Gasteiger partial charge in [0.1, 0.15) is 5.70 Å². The summed E-state index contributed by atoms with van der Waals surface area (Å²) in [5, 5.41) is 6.66. The first kappa shape index (κ1) is 27.2. The van der Waals surface area contributed by atoms with Crippen molar-refractivity contribution in [2.24, 2.45) is 10.7 Å². The van der Waals surface area contributed by atoms with Crippen LogP contribution in [-0.2, 0) is 4.79 Å². The number of thiazole rings is 1. The minimum Gasteiger partial charge on any atom is -0.400 e. The van der Waals surface area contributed by atoms with Crippen molar-refractivity contribution >= 4 is 44.2 Å². The summed E-state index contributed by atoms with van der Waals surface area (Å²) >= 11 is 1.39. The number of rotatable bonds is 7. The number of benzene rings is 2. The molecule has 0 aliphatic carbocycles. The van der Waals surface area contributed by atoms with Crippen molar-refractivity contribution < 1.29 is 9.59 Å². The number of aliphatic imine (C=N–C) groups is 1. The monoisotopic (exact) mass is 530 g/mol. The molecule has 2 amide bonds. The molecule has 2 heterocycles. The van der Waals surface area contributed by atoms with Crippen LogP contribution < -0.4 is 16.4 Å². The maximum absolute atomic E-state index is 13.2. The van der Waals surface area contributed by atoms with E-state index < -0.39 is 5.91 Å². The maximum Gasteiger partial charge on any atom is 0.277 e. The standard InChI is InChI=1S/C29H34N6O2S/c1-4-19(2)18-24(21-10-12-22(13-11-21)28(37)35-16-7-14-31-15-17-35)32-26(20(3)30)27(36)34-29-33-23-8-5-6-9-25(23)38-29/h5-6,8-13,18,31H,4,7,14-17,30H2,1-3H3,(H,33,34,36)/b19-18+,26-20+,32-24-. The number of para-hydroxylation sites is 1. The summed E-state index contributed by atoms with van der Waals surface area (Å²) in [6.45, 7) is 8.89. The van der Waals surface area contributed by atoms with Gasteiger partial charge in [0.05, 0.1) is 15.9 Å². The predicted molar refractivity (Wildman–Crippen MR) is 156 cm³/mol. The van der Waals surface area contributed by atoms with Crippen LogP contribution in [0.5, 0.6) is 0 Å². The van der Waals surface area contributed by atoms with Gasteiger partial charge in [0.25, 0.3) is 11.8 Å². The molecule has 9 heteroatoms. The second-order valence-electron chi connectivity index (χ2n) is 9.29. The van der Waals surface area contributed by atoms with Gasteiger partial charge in [-0.05, 0) is 63.6 Å². The van der Waals surface area contributed by atoms with E-state index in [1.807, 2.05) is 66.4 Å². The van der Waals surface area contributed by atoms with Crippen LogP contribution >= 0.6 is 11.3 Å². The number of nitrogens with zero attached hydrogens (tertiary/aromatic N) is 3. The Morgan fingerprint density at radius 2 is 1.84 bits per heavy atom. The van der Waals surface area contributed by atoms with E-state index in [2.05, 4.69) is 22.5 Å². The van der Waals surface area contributed by atoms with Gasteiger partial charge in [-0.1, -0.05) is 48.1 Å². The topological polar surface area (TPSA) is 113 Å². The fourth-order valence-corrected chi connectivity index (χ4v) is 4.91. The number of amides is 2. The Bertz CT molecular complexity index is 1360. The lowest BCUT2D eigenvalue weighted by atomic mass is 10.0. The van der Waals surface area contributed by atoms with E-state index in [4.69, 9.17) is 10.7 Å². The first-order chi connectivity index (χ1) is 18.4. The smallest absolute Gasteiger partial charge is 0.277 e. The first-order valence-electron chi connectivity index (χ1n) is 12.8. The minimum absolute atomic E-state index is 0.0209. The summed E-state index contributed by atoms with van der Waals surface area (Å²) in [6.07, 6.45) is 3.72. The second-order valence-corrected chi connectivity index (χ2v) is 10.3. The lowest BCUT2D eigenvalue weighted by Crippen LogP contribution is -2.34. The number of nitrogens with two attached hydrogens (primary N) is 1. The van der Waals surface area contributed by atoms with Crippen LogP contribution in [0.25, 0.3) is 10.2 Å². The van der Waals surface area contributed by atoms with Crippen molar-refractivity contribution in [2.45, 2.75) is 33.6 Å². The lowest BCUT2D eigenvalue weighted by molar-refractivity contribution is -0.112. The van der Waals surface area contributed by atoms with Crippen LogP contribution in [0.3, 0.4) is 0 Å². The molecule has 3 aromatic rings. The van der Waals surface area contributed by atoms with Gasteiger partial charge in [0, 0.05) is 36.5 Å². The molecule has 1 aromatic heterocycles. The Balaban J connectivity index is 1.61. The number of aromatic nitrogens is 1. The van der Waals surface area contributed by atoms with Crippen molar-refractivity contribution in [2.75, 3.05) is 31.5 Å². The van der Waals surface area contributed by atoms with Crippen molar-refractivity contribution in [3.05, 3.63) is 82.7 Å². The molecule has 0 radical (unpaired) electrons. The Morgan fingerprint density at radius 1 is 1.11 bits per heavy atom. The number of hydrogen-bond acceptors (Lipinski definition) is 7. The zero-order valence-corrected chi connectivity index (χ0v) is 22.9. The third-order valence-electron chi connectivity index (χ3n) is 6.33. The summed E-state index contributed by atoms with van der Waals surface area (Å²) in [5.41, 5.74) is 10.5. The number of allylic oxidation sites excluding steroid dienone is 3. The second kappa shape index (κ2) is 12.6. The number of fused-ring (bicyclic) bond motifs is 1. The molecule has 4 rings (SSSR count). The molecule has 1 saturated heterocycles. The molecule has 0 atom stereocenters. The highest BCUT2D eigenvalue weighted by Gasteiger charge is 2.19. The molecule has 1 fully saturated rings. The normalized spacial score (nSPS) is 15.7. The third kappa shape index (κ3) is 6.73. The molecule has 1 aliphatic heterocycles. The molecule has 8 nitrogen and oxygen atoms in total. The lowest BCUT2D eigenvalue weighted by Gasteiger charge is -2.20. The molecular weight excluding hydrogens is 496 g/mol. The van der Waals surface area contributed by atoms with Crippen LogP contribution in [0.2, 0.25) is 0 Å². The molecule has 198 valence electrons. The highest BCUT2D eigenvalue weighted by molar-refractivity contribution is 7.22. The van der Waals surface area contributed by atoms with Gasteiger partial charge in [-0.15, -0.1) is 0 Å². The number of anilines is 1. The highest BCUT2D eigenvalue weighted by atomic mass is 32.1. The largest absolute Gasteiger partial charge is 0.400 e. The molecule has 0 saturated carbocycles. The zero-order valence-electron chi connectivity index (χ0n) is 22.1. The van der Waals surface area contributed by atoms with Gasteiger partial charge in [0.15, 0.2) is 5.13 Å². The van der Waals surface area contributed by atoms with Crippen molar-refractivity contribution in [3.8, 4) is 0 Å². The Kier molecular flexibility index (Phi) is 9.04. The quantitative estimate of drug-likeness (QED) is 0.303. The molecular formula is C29H34N6O2S. The maximum atomic E-state index is 13.2. The molecule has 0 unspecified atom stereocenters. The number of carbonyl (C=O) groups is 2. The van der Waals surface area contributed by atoms with Gasteiger partial charge in [-0.3, -0.25) is 14.9 Å². The number of hydrogen-bond donors (Lipinski definition) is 3. The highest BCUT2D eigenvalue weighted by Crippen LogP contribution is 2.26. The summed E-state index contributed by atoms with van der Waals surface area (Å²) in [4.78, 5) is 37.3. The van der Waals surface area contributed by atoms with Crippen LogP contribution in [-0.4, -0.2) is 53.6 Å². The molecule has 0 bridgehead atoms. The third-order valence-corrected chi connectivity index (χ3v) is 7.28. The average molecular weight is 531 g/mol. The molecule has 4 N–H and O–H groups in total. The van der Waals surface area contributed by atoms with Gasteiger partial charge in [-0.2, -0.15) is 0 Å². The van der Waals surface area contributed by atoms with E-state index in [1.54, 1.807) is 6.92 Å². The average Bonchev–Trinajstić information content (AvgIpc) is 3.13. The van der Waals surface area contributed by atoms with Gasteiger partial charge in [-0.25, -0.2) is 9.98 Å². The first-order valence-corrected chi connectivity index (χ1v) is 13.7.